The van der Waals surface area contributed by atoms with Crippen LogP contribution in [0.25, 0.3) is 5.69 Å². The number of rotatable bonds is 2. The summed E-state index contributed by atoms with van der Waals surface area (Å²) in [6.07, 6.45) is 3.37. The largest absolute Gasteiger partial charge is 0.326 e. The fraction of sp³-hybridized carbons (Fsp3) is 0.111. The van der Waals surface area contributed by atoms with Crippen molar-refractivity contribution in [2.45, 2.75) is 6.54 Å². The first-order valence-electron chi connectivity index (χ1n) is 4.17. The standard InChI is InChI=1S/C9H9ClN4/c10-8-2-1-3-9(7(8)6-11)14-5-4-12-13-14/h1-5H,6,11H2. The average molecular weight is 209 g/mol. The van der Waals surface area contributed by atoms with Gasteiger partial charge in [0.2, 0.25) is 0 Å². The van der Waals surface area contributed by atoms with Gasteiger partial charge in [-0.2, -0.15) is 0 Å². The van der Waals surface area contributed by atoms with Gasteiger partial charge in [-0.25, -0.2) is 4.68 Å². The molecular formula is C9H9ClN4. The van der Waals surface area contributed by atoms with Gasteiger partial charge in [0.15, 0.2) is 0 Å². The average Bonchev–Trinajstić information content (AvgIpc) is 2.70. The minimum atomic E-state index is 0.384. The van der Waals surface area contributed by atoms with Gasteiger partial charge in [-0.1, -0.05) is 22.9 Å². The van der Waals surface area contributed by atoms with Crippen molar-refractivity contribution in [2.24, 2.45) is 5.73 Å². The summed E-state index contributed by atoms with van der Waals surface area (Å²) < 4.78 is 1.65. The lowest BCUT2D eigenvalue weighted by Gasteiger charge is -2.08. The second-order valence-corrected chi connectivity index (χ2v) is 3.20. The van der Waals surface area contributed by atoms with Crippen LogP contribution in [0.4, 0.5) is 0 Å². The Morgan fingerprint density at radius 3 is 2.93 bits per heavy atom. The topological polar surface area (TPSA) is 56.7 Å². The molecule has 0 aliphatic carbocycles. The van der Waals surface area contributed by atoms with Crippen LogP contribution in [0.2, 0.25) is 5.02 Å². The van der Waals surface area contributed by atoms with Gasteiger partial charge in [0.05, 0.1) is 18.1 Å². The van der Waals surface area contributed by atoms with Crippen molar-refractivity contribution >= 4 is 11.6 Å². The van der Waals surface area contributed by atoms with Crippen molar-refractivity contribution in [1.82, 2.24) is 15.0 Å². The first-order valence-corrected chi connectivity index (χ1v) is 4.55. The summed E-state index contributed by atoms with van der Waals surface area (Å²) in [4.78, 5) is 0. The normalized spacial score (nSPS) is 10.4. The molecule has 0 saturated heterocycles. The number of halogens is 1. The van der Waals surface area contributed by atoms with E-state index in [4.69, 9.17) is 17.3 Å². The minimum absolute atomic E-state index is 0.384. The summed E-state index contributed by atoms with van der Waals surface area (Å²) in [5.74, 6) is 0. The van der Waals surface area contributed by atoms with Crippen molar-refractivity contribution in [2.75, 3.05) is 0 Å². The second kappa shape index (κ2) is 3.77. The van der Waals surface area contributed by atoms with Crippen LogP contribution in [0.1, 0.15) is 5.56 Å². The van der Waals surface area contributed by atoms with Gasteiger partial charge in [0, 0.05) is 17.1 Å². The van der Waals surface area contributed by atoms with E-state index in [0.29, 0.717) is 11.6 Å². The van der Waals surface area contributed by atoms with E-state index < -0.39 is 0 Å². The Bertz CT molecular complexity index is 424. The zero-order valence-corrected chi connectivity index (χ0v) is 8.15. The minimum Gasteiger partial charge on any atom is -0.326 e. The van der Waals surface area contributed by atoms with Crippen LogP contribution in [-0.4, -0.2) is 15.0 Å². The van der Waals surface area contributed by atoms with Crippen molar-refractivity contribution in [1.29, 1.82) is 0 Å². The second-order valence-electron chi connectivity index (χ2n) is 2.79. The lowest BCUT2D eigenvalue weighted by atomic mass is 10.2. The van der Waals surface area contributed by atoms with Crippen LogP contribution in [0, 0.1) is 0 Å². The van der Waals surface area contributed by atoms with Crippen LogP contribution < -0.4 is 5.73 Å². The molecule has 72 valence electrons. The van der Waals surface area contributed by atoms with Crippen LogP contribution in [0.3, 0.4) is 0 Å². The van der Waals surface area contributed by atoms with Crippen LogP contribution >= 0.6 is 11.6 Å². The molecule has 1 aromatic heterocycles. The molecule has 0 aliphatic rings. The van der Waals surface area contributed by atoms with Crippen molar-refractivity contribution < 1.29 is 0 Å². The molecule has 0 radical (unpaired) electrons. The summed E-state index contributed by atoms with van der Waals surface area (Å²) in [7, 11) is 0. The number of nitrogens with two attached hydrogens (primary N) is 1. The van der Waals surface area contributed by atoms with Crippen LogP contribution in [0.5, 0.6) is 0 Å². The maximum Gasteiger partial charge on any atom is 0.0723 e. The maximum atomic E-state index is 6.00. The van der Waals surface area contributed by atoms with Gasteiger partial charge >= 0.3 is 0 Å². The third-order valence-electron chi connectivity index (χ3n) is 1.97. The van der Waals surface area contributed by atoms with Gasteiger partial charge in [-0.05, 0) is 12.1 Å². The van der Waals surface area contributed by atoms with Gasteiger partial charge in [-0.3, -0.25) is 0 Å². The van der Waals surface area contributed by atoms with E-state index in [0.717, 1.165) is 11.3 Å². The lowest BCUT2D eigenvalue weighted by molar-refractivity contribution is 0.792. The van der Waals surface area contributed by atoms with Crippen molar-refractivity contribution in [3.05, 3.63) is 41.2 Å². The maximum absolute atomic E-state index is 6.00. The van der Waals surface area contributed by atoms with E-state index in [9.17, 15) is 0 Å². The predicted octanol–water partition coefficient (Wildman–Crippen LogP) is 1.38. The Kier molecular flexibility index (Phi) is 2.47. The lowest BCUT2D eigenvalue weighted by Crippen LogP contribution is -2.05. The van der Waals surface area contributed by atoms with E-state index >= 15 is 0 Å². The van der Waals surface area contributed by atoms with Gasteiger partial charge in [0.25, 0.3) is 0 Å². The molecule has 2 rings (SSSR count). The van der Waals surface area contributed by atoms with E-state index in [2.05, 4.69) is 10.3 Å². The highest BCUT2D eigenvalue weighted by atomic mass is 35.5. The molecular weight excluding hydrogens is 200 g/mol. The van der Waals surface area contributed by atoms with E-state index in [-0.39, 0.29) is 0 Å². The molecule has 1 aromatic carbocycles. The first-order chi connectivity index (χ1) is 6.83. The molecule has 0 aliphatic heterocycles. The molecule has 0 amide bonds. The quantitative estimate of drug-likeness (QED) is 0.811. The monoisotopic (exact) mass is 208 g/mol. The number of nitrogens with zero attached hydrogens (tertiary/aromatic N) is 3. The number of hydrogen-bond donors (Lipinski definition) is 1. The summed E-state index contributed by atoms with van der Waals surface area (Å²) in [5.41, 5.74) is 7.36. The molecule has 1 heterocycles. The Balaban J connectivity index is 2.58. The van der Waals surface area contributed by atoms with E-state index in [1.165, 1.54) is 0 Å². The molecule has 0 saturated carbocycles. The highest BCUT2D eigenvalue weighted by Gasteiger charge is 2.06. The molecule has 0 fully saturated rings. The predicted molar refractivity (Wildman–Crippen MR) is 54.3 cm³/mol. The zero-order valence-electron chi connectivity index (χ0n) is 7.39. The Hall–Kier alpha value is -1.39. The highest BCUT2D eigenvalue weighted by Crippen LogP contribution is 2.21. The molecule has 5 heteroatoms. The van der Waals surface area contributed by atoms with E-state index in [1.807, 2.05) is 18.2 Å². The summed E-state index contributed by atoms with van der Waals surface area (Å²) >= 11 is 6.00. The molecule has 2 aromatic rings. The molecule has 0 atom stereocenters. The zero-order chi connectivity index (χ0) is 9.97. The number of benzene rings is 1. The smallest absolute Gasteiger partial charge is 0.0723 e. The number of hydrogen-bond acceptors (Lipinski definition) is 3. The Labute approximate surface area is 86.3 Å². The summed E-state index contributed by atoms with van der Waals surface area (Å²) in [5, 5.41) is 8.27. The summed E-state index contributed by atoms with van der Waals surface area (Å²) in [6, 6.07) is 5.57. The molecule has 2 N–H and O–H groups in total. The third kappa shape index (κ3) is 1.49. The fourth-order valence-electron chi connectivity index (χ4n) is 1.30. The SMILES string of the molecule is NCc1c(Cl)cccc1-n1ccnn1. The molecule has 14 heavy (non-hydrogen) atoms. The molecule has 0 unspecified atom stereocenters. The molecule has 0 bridgehead atoms. The summed E-state index contributed by atoms with van der Waals surface area (Å²) in [6.45, 7) is 0.384. The van der Waals surface area contributed by atoms with Gasteiger partial charge < -0.3 is 5.73 Å². The van der Waals surface area contributed by atoms with Gasteiger partial charge in [-0.15, -0.1) is 5.10 Å². The molecule has 0 spiro atoms. The first kappa shape index (κ1) is 9.18. The van der Waals surface area contributed by atoms with Crippen molar-refractivity contribution in [3.8, 4) is 5.69 Å². The Morgan fingerprint density at radius 2 is 2.29 bits per heavy atom. The highest BCUT2D eigenvalue weighted by molar-refractivity contribution is 6.31. The molecule has 4 nitrogen and oxygen atoms in total. The Morgan fingerprint density at radius 1 is 1.43 bits per heavy atom. The van der Waals surface area contributed by atoms with E-state index in [1.54, 1.807) is 17.1 Å². The van der Waals surface area contributed by atoms with Crippen LogP contribution in [0.15, 0.2) is 30.6 Å². The van der Waals surface area contributed by atoms with Gasteiger partial charge in [0.1, 0.15) is 0 Å². The number of aromatic nitrogens is 3. The van der Waals surface area contributed by atoms with Crippen LogP contribution in [-0.2, 0) is 6.54 Å². The fourth-order valence-corrected chi connectivity index (χ4v) is 1.55. The third-order valence-corrected chi connectivity index (χ3v) is 2.32. The van der Waals surface area contributed by atoms with Crippen molar-refractivity contribution in [3.63, 3.8) is 0 Å².